The van der Waals surface area contributed by atoms with Gasteiger partial charge in [0.2, 0.25) is 0 Å². The number of halogens is 5. The van der Waals surface area contributed by atoms with E-state index in [0.29, 0.717) is 22.1 Å². The van der Waals surface area contributed by atoms with Crippen LogP contribution in [0.1, 0.15) is 5.82 Å². The Kier molecular flexibility index (Phi) is 3.78. The smallest absolute Gasteiger partial charge is 0.185 e. The third-order valence-corrected chi connectivity index (χ3v) is 3.83. The fraction of sp³-hybridized carbons (Fsp3) is 0.0714. The van der Waals surface area contributed by atoms with Gasteiger partial charge >= 0.3 is 0 Å². The molecule has 0 atom stereocenters. The number of aromatic nitrogens is 2. The zero-order chi connectivity index (χ0) is 15.1. The lowest BCUT2D eigenvalue weighted by atomic mass is 10.2. The minimum Gasteiger partial charge on any atom is -0.291 e. The molecule has 3 rings (SSSR count). The maximum Gasteiger partial charge on any atom is 0.185 e. The van der Waals surface area contributed by atoms with Crippen LogP contribution in [0.3, 0.4) is 0 Å². The van der Waals surface area contributed by atoms with Crippen LogP contribution in [0.4, 0.5) is 8.78 Å². The quantitative estimate of drug-likeness (QED) is 0.571. The molecule has 0 bridgehead atoms. The SMILES string of the molecule is Fc1ccc2nc(CCl)n(-c3ccc(Cl)cc3Cl)c2c1F. The molecule has 0 unspecified atom stereocenters. The van der Waals surface area contributed by atoms with Gasteiger partial charge in [0.05, 0.1) is 22.1 Å². The van der Waals surface area contributed by atoms with Crippen molar-refractivity contribution in [2.75, 3.05) is 0 Å². The summed E-state index contributed by atoms with van der Waals surface area (Å²) in [5.74, 6) is -1.58. The molecular formula is C14H7Cl3F2N2. The van der Waals surface area contributed by atoms with E-state index in [9.17, 15) is 8.78 Å². The molecule has 108 valence electrons. The highest BCUT2D eigenvalue weighted by Crippen LogP contribution is 2.31. The van der Waals surface area contributed by atoms with Crippen molar-refractivity contribution in [1.82, 2.24) is 9.55 Å². The Hall–Kier alpha value is -1.36. The average Bonchev–Trinajstić information content (AvgIpc) is 2.82. The number of hydrogen-bond donors (Lipinski definition) is 0. The highest BCUT2D eigenvalue weighted by Gasteiger charge is 2.19. The summed E-state index contributed by atoms with van der Waals surface area (Å²) >= 11 is 17.9. The summed E-state index contributed by atoms with van der Waals surface area (Å²) in [5, 5.41) is 0.726. The molecule has 0 aliphatic rings. The van der Waals surface area contributed by atoms with Gasteiger partial charge in [0.25, 0.3) is 0 Å². The second-order valence-electron chi connectivity index (χ2n) is 4.32. The summed E-state index contributed by atoms with van der Waals surface area (Å²) in [6.45, 7) is 0. The third kappa shape index (κ3) is 2.37. The molecule has 0 radical (unpaired) electrons. The second kappa shape index (κ2) is 5.44. The molecule has 1 heterocycles. The minimum absolute atomic E-state index is 0.00475. The Balaban J connectivity index is 2.42. The Bertz CT molecular complexity index is 846. The van der Waals surface area contributed by atoms with Gasteiger partial charge < -0.3 is 0 Å². The predicted octanol–water partition coefficient (Wildman–Crippen LogP) is 5.35. The molecule has 3 aromatic rings. The Morgan fingerprint density at radius 1 is 1.10 bits per heavy atom. The van der Waals surface area contributed by atoms with Gasteiger partial charge in [-0.1, -0.05) is 23.2 Å². The van der Waals surface area contributed by atoms with Crippen molar-refractivity contribution in [3.05, 3.63) is 57.8 Å². The van der Waals surface area contributed by atoms with Crippen LogP contribution in [0, 0.1) is 11.6 Å². The second-order valence-corrected chi connectivity index (χ2v) is 5.43. The zero-order valence-electron chi connectivity index (χ0n) is 10.4. The van der Waals surface area contributed by atoms with Gasteiger partial charge in [-0.15, -0.1) is 11.6 Å². The first kappa shape index (κ1) is 14.6. The first-order chi connectivity index (χ1) is 10.0. The van der Waals surface area contributed by atoms with Crippen molar-refractivity contribution in [2.45, 2.75) is 5.88 Å². The van der Waals surface area contributed by atoms with Crippen LogP contribution in [0.15, 0.2) is 30.3 Å². The molecule has 0 saturated heterocycles. The normalized spacial score (nSPS) is 11.3. The van der Waals surface area contributed by atoms with Gasteiger partial charge in [0.1, 0.15) is 11.3 Å². The largest absolute Gasteiger partial charge is 0.291 e. The van der Waals surface area contributed by atoms with Crippen molar-refractivity contribution in [2.24, 2.45) is 0 Å². The van der Waals surface area contributed by atoms with Gasteiger partial charge in [-0.3, -0.25) is 4.57 Å². The molecule has 7 heteroatoms. The van der Waals surface area contributed by atoms with Crippen LogP contribution in [0.25, 0.3) is 16.7 Å². The molecule has 2 aromatic carbocycles. The number of fused-ring (bicyclic) bond motifs is 1. The molecule has 2 nitrogen and oxygen atoms in total. The highest BCUT2D eigenvalue weighted by molar-refractivity contribution is 6.35. The molecule has 0 N–H and O–H groups in total. The molecule has 1 aromatic heterocycles. The molecule has 0 spiro atoms. The predicted molar refractivity (Wildman–Crippen MR) is 80.6 cm³/mol. The minimum atomic E-state index is -0.998. The lowest BCUT2D eigenvalue weighted by molar-refractivity contribution is 0.514. The molecule has 0 saturated carbocycles. The Morgan fingerprint density at radius 3 is 2.52 bits per heavy atom. The van der Waals surface area contributed by atoms with Gasteiger partial charge in [-0.25, -0.2) is 13.8 Å². The fourth-order valence-corrected chi connectivity index (χ4v) is 2.83. The molecule has 0 aliphatic heterocycles. The van der Waals surface area contributed by atoms with E-state index in [1.807, 2.05) is 0 Å². The summed E-state index contributed by atoms with van der Waals surface area (Å²) in [5.41, 5.74) is 0.731. The molecule has 0 fully saturated rings. The number of rotatable bonds is 2. The van der Waals surface area contributed by atoms with Crippen molar-refractivity contribution in [3.8, 4) is 5.69 Å². The van der Waals surface area contributed by atoms with E-state index in [1.165, 1.54) is 16.7 Å². The van der Waals surface area contributed by atoms with Crippen molar-refractivity contribution in [1.29, 1.82) is 0 Å². The maximum absolute atomic E-state index is 14.2. The van der Waals surface area contributed by atoms with Crippen LogP contribution in [0.2, 0.25) is 10.0 Å². The number of alkyl halides is 1. The van der Waals surface area contributed by atoms with E-state index in [4.69, 9.17) is 34.8 Å². The topological polar surface area (TPSA) is 17.8 Å². The standard InChI is InChI=1S/C14H7Cl3F2N2/c15-6-12-20-10-3-2-9(18)13(19)14(10)21(12)11-4-1-7(16)5-8(11)17/h1-5H,6H2. The van der Waals surface area contributed by atoms with E-state index < -0.39 is 11.6 Å². The summed E-state index contributed by atoms with van der Waals surface area (Å²) in [7, 11) is 0. The van der Waals surface area contributed by atoms with Gasteiger partial charge in [-0.2, -0.15) is 0 Å². The van der Waals surface area contributed by atoms with Crippen molar-refractivity contribution >= 4 is 45.8 Å². The summed E-state index contributed by atoms with van der Waals surface area (Å²) in [4.78, 5) is 4.21. The van der Waals surface area contributed by atoms with E-state index in [0.717, 1.165) is 6.07 Å². The van der Waals surface area contributed by atoms with Crippen LogP contribution in [-0.2, 0) is 5.88 Å². The van der Waals surface area contributed by atoms with Crippen LogP contribution in [0.5, 0.6) is 0 Å². The number of hydrogen-bond acceptors (Lipinski definition) is 1. The third-order valence-electron chi connectivity index (χ3n) is 3.05. The number of nitrogens with zero attached hydrogens (tertiary/aromatic N) is 2. The van der Waals surface area contributed by atoms with Crippen LogP contribution < -0.4 is 0 Å². The zero-order valence-corrected chi connectivity index (χ0v) is 12.6. The van der Waals surface area contributed by atoms with Gasteiger partial charge in [-0.05, 0) is 30.3 Å². The van der Waals surface area contributed by atoms with Crippen LogP contribution >= 0.6 is 34.8 Å². The van der Waals surface area contributed by atoms with Crippen molar-refractivity contribution < 1.29 is 8.78 Å². The van der Waals surface area contributed by atoms with Gasteiger partial charge in [0, 0.05) is 5.02 Å². The first-order valence-electron chi connectivity index (χ1n) is 5.89. The highest BCUT2D eigenvalue weighted by atomic mass is 35.5. The monoisotopic (exact) mass is 346 g/mol. The lowest BCUT2D eigenvalue weighted by Crippen LogP contribution is -2.02. The number of imidazole rings is 1. The lowest BCUT2D eigenvalue weighted by Gasteiger charge is -2.10. The van der Waals surface area contributed by atoms with E-state index in [-0.39, 0.29) is 16.4 Å². The summed E-state index contributed by atoms with van der Waals surface area (Å²) in [6.07, 6.45) is 0. The first-order valence-corrected chi connectivity index (χ1v) is 7.18. The molecule has 0 aliphatic carbocycles. The number of benzene rings is 2. The Labute approximate surface area is 133 Å². The molecular weight excluding hydrogens is 341 g/mol. The van der Waals surface area contributed by atoms with E-state index >= 15 is 0 Å². The van der Waals surface area contributed by atoms with E-state index in [2.05, 4.69) is 4.98 Å². The maximum atomic E-state index is 14.2. The van der Waals surface area contributed by atoms with E-state index in [1.54, 1.807) is 12.1 Å². The fourth-order valence-electron chi connectivity index (χ4n) is 2.16. The summed E-state index contributed by atoms with van der Waals surface area (Å²) in [6, 6.07) is 7.14. The van der Waals surface area contributed by atoms with Crippen LogP contribution in [-0.4, -0.2) is 9.55 Å². The molecule has 21 heavy (non-hydrogen) atoms. The van der Waals surface area contributed by atoms with Crippen molar-refractivity contribution in [3.63, 3.8) is 0 Å². The average molecular weight is 348 g/mol. The van der Waals surface area contributed by atoms with Gasteiger partial charge in [0.15, 0.2) is 11.6 Å². The summed E-state index contributed by atoms with van der Waals surface area (Å²) < 4.78 is 29.1. The Morgan fingerprint density at radius 2 is 1.86 bits per heavy atom. The molecule has 0 amide bonds.